The Balaban J connectivity index is 4.01. The van der Waals surface area contributed by atoms with Crippen molar-refractivity contribution >= 4 is 13.8 Å². The quantitative estimate of drug-likeness (QED) is 0.0236. The number of unbranched alkanes of at least 4 members (excludes halogenated alkanes) is 36. The number of aliphatic hydroxyl groups excluding tert-OH is 2. The van der Waals surface area contributed by atoms with E-state index >= 15 is 0 Å². The number of hydrogen-bond donors (Lipinski definition) is 3. The third-order valence-electron chi connectivity index (χ3n) is 12.0. The molecule has 62 heavy (non-hydrogen) atoms. The molecule has 0 aromatic carbocycles. The van der Waals surface area contributed by atoms with Gasteiger partial charge in [0.25, 0.3) is 0 Å². The fourth-order valence-electron chi connectivity index (χ4n) is 7.88. The standard InChI is InChI=1S/C52H103O9P/c1-3-5-7-9-11-13-15-17-19-21-23-24-25-26-28-30-32-34-36-38-40-42-44-52(55)61-51(49-60-62(56,57)59-47-50(54)46-53)48-58-45-43-41-39-37-35-33-31-29-27-22-20-18-16-14-12-10-8-6-4-2/h20,22,50-51,53-54H,3-19,21,23-49H2,1-2H3,(H,56,57)/b22-20-. The van der Waals surface area contributed by atoms with Crippen LogP contribution in [0.3, 0.4) is 0 Å². The van der Waals surface area contributed by atoms with E-state index in [2.05, 4.69) is 26.0 Å². The van der Waals surface area contributed by atoms with Gasteiger partial charge in [0.2, 0.25) is 0 Å². The number of carbonyl (C=O) groups is 1. The van der Waals surface area contributed by atoms with E-state index in [1.165, 1.54) is 212 Å². The summed E-state index contributed by atoms with van der Waals surface area (Å²) in [5.41, 5.74) is 0. The lowest BCUT2D eigenvalue weighted by atomic mass is 10.0. The molecule has 0 saturated carbocycles. The molecule has 0 radical (unpaired) electrons. The zero-order valence-corrected chi connectivity index (χ0v) is 41.8. The maximum absolute atomic E-state index is 12.7. The van der Waals surface area contributed by atoms with Crippen LogP contribution in [0.4, 0.5) is 0 Å². The van der Waals surface area contributed by atoms with Gasteiger partial charge in [-0.1, -0.05) is 238 Å². The molecule has 0 saturated heterocycles. The van der Waals surface area contributed by atoms with Gasteiger partial charge in [0.15, 0.2) is 0 Å². The minimum atomic E-state index is -4.52. The number of phosphoric acid groups is 1. The van der Waals surface area contributed by atoms with E-state index in [4.69, 9.17) is 23.6 Å². The van der Waals surface area contributed by atoms with Crippen LogP contribution in [0.1, 0.15) is 271 Å². The number of esters is 1. The summed E-state index contributed by atoms with van der Waals surface area (Å²) in [6.07, 6.45) is 53.3. The van der Waals surface area contributed by atoms with Crippen LogP contribution in [0.25, 0.3) is 0 Å². The highest BCUT2D eigenvalue weighted by molar-refractivity contribution is 7.47. The van der Waals surface area contributed by atoms with Crippen LogP contribution in [0.15, 0.2) is 12.2 Å². The molecule has 0 aliphatic heterocycles. The summed E-state index contributed by atoms with van der Waals surface area (Å²) >= 11 is 0. The first kappa shape index (κ1) is 61.2. The molecule has 0 amide bonds. The van der Waals surface area contributed by atoms with Gasteiger partial charge in [0.05, 0.1) is 26.4 Å². The summed E-state index contributed by atoms with van der Waals surface area (Å²) in [6, 6.07) is 0. The Morgan fingerprint density at radius 2 is 0.823 bits per heavy atom. The molecule has 0 aromatic heterocycles. The van der Waals surface area contributed by atoms with Gasteiger partial charge in [-0.15, -0.1) is 0 Å². The predicted molar refractivity (Wildman–Crippen MR) is 261 cm³/mol. The zero-order chi connectivity index (χ0) is 45.3. The molecule has 0 bridgehead atoms. The molecule has 0 aliphatic carbocycles. The summed E-state index contributed by atoms with van der Waals surface area (Å²) in [4.78, 5) is 22.7. The Labute approximate surface area is 383 Å². The lowest BCUT2D eigenvalue weighted by Gasteiger charge is -2.20. The molecule has 9 nitrogen and oxygen atoms in total. The fourth-order valence-corrected chi connectivity index (χ4v) is 8.67. The molecule has 0 aromatic rings. The van der Waals surface area contributed by atoms with Crippen molar-refractivity contribution < 1.29 is 43.0 Å². The average Bonchev–Trinajstić information content (AvgIpc) is 3.26. The molecule has 0 heterocycles. The van der Waals surface area contributed by atoms with Crippen molar-refractivity contribution in [3.05, 3.63) is 12.2 Å². The number of hydrogen-bond acceptors (Lipinski definition) is 8. The van der Waals surface area contributed by atoms with Gasteiger partial charge in [-0.3, -0.25) is 13.8 Å². The molecule has 3 unspecified atom stereocenters. The van der Waals surface area contributed by atoms with Crippen LogP contribution in [0, 0.1) is 0 Å². The molecular formula is C52H103O9P. The van der Waals surface area contributed by atoms with Gasteiger partial charge in [0, 0.05) is 13.0 Å². The Morgan fingerprint density at radius 3 is 1.21 bits per heavy atom. The van der Waals surface area contributed by atoms with Crippen molar-refractivity contribution in [3.63, 3.8) is 0 Å². The average molecular weight is 903 g/mol. The number of phosphoric ester groups is 1. The first-order valence-corrected chi connectivity index (χ1v) is 28.2. The van der Waals surface area contributed by atoms with Crippen LogP contribution < -0.4 is 0 Å². The Kier molecular flexibility index (Phi) is 49.0. The third kappa shape index (κ3) is 48.7. The van der Waals surface area contributed by atoms with E-state index in [-0.39, 0.29) is 25.6 Å². The Bertz CT molecular complexity index is 980. The van der Waals surface area contributed by atoms with Crippen LogP contribution in [0.5, 0.6) is 0 Å². The molecule has 10 heteroatoms. The predicted octanol–water partition coefficient (Wildman–Crippen LogP) is 15.6. The van der Waals surface area contributed by atoms with Crippen molar-refractivity contribution in [1.82, 2.24) is 0 Å². The minimum Gasteiger partial charge on any atom is -0.457 e. The Morgan fingerprint density at radius 1 is 0.484 bits per heavy atom. The second-order valence-corrected chi connectivity index (χ2v) is 19.7. The van der Waals surface area contributed by atoms with Gasteiger partial charge in [0.1, 0.15) is 12.2 Å². The van der Waals surface area contributed by atoms with Gasteiger partial charge in [-0.25, -0.2) is 4.57 Å². The molecule has 0 spiro atoms. The lowest BCUT2D eigenvalue weighted by Crippen LogP contribution is -2.29. The Hall–Kier alpha value is -0.800. The number of carbonyl (C=O) groups excluding carboxylic acids is 1. The number of allylic oxidation sites excluding steroid dienone is 2. The van der Waals surface area contributed by atoms with Gasteiger partial charge < -0.3 is 24.6 Å². The fraction of sp³-hybridized carbons (Fsp3) is 0.942. The van der Waals surface area contributed by atoms with Crippen molar-refractivity contribution in [2.45, 2.75) is 283 Å². The molecular weight excluding hydrogens is 800 g/mol. The van der Waals surface area contributed by atoms with Crippen LogP contribution in [-0.2, 0) is 27.9 Å². The van der Waals surface area contributed by atoms with Gasteiger partial charge in [-0.05, 0) is 38.5 Å². The lowest BCUT2D eigenvalue weighted by molar-refractivity contribution is -0.154. The smallest absolute Gasteiger partial charge is 0.457 e. The minimum absolute atomic E-state index is 0.0534. The second kappa shape index (κ2) is 49.6. The van der Waals surface area contributed by atoms with Crippen molar-refractivity contribution in [2.24, 2.45) is 0 Å². The van der Waals surface area contributed by atoms with E-state index in [9.17, 15) is 19.4 Å². The summed E-state index contributed by atoms with van der Waals surface area (Å²) < 4.78 is 33.6. The van der Waals surface area contributed by atoms with Crippen molar-refractivity contribution in [3.8, 4) is 0 Å². The highest BCUT2D eigenvalue weighted by Crippen LogP contribution is 2.43. The van der Waals surface area contributed by atoms with Crippen molar-refractivity contribution in [1.29, 1.82) is 0 Å². The largest absolute Gasteiger partial charge is 0.472 e. The van der Waals surface area contributed by atoms with Gasteiger partial charge >= 0.3 is 13.8 Å². The van der Waals surface area contributed by atoms with Crippen LogP contribution in [0.2, 0.25) is 0 Å². The van der Waals surface area contributed by atoms with Gasteiger partial charge in [-0.2, -0.15) is 0 Å². The van der Waals surface area contributed by atoms with E-state index in [1.54, 1.807) is 0 Å². The van der Waals surface area contributed by atoms with Crippen LogP contribution >= 0.6 is 7.82 Å². The van der Waals surface area contributed by atoms with E-state index in [0.717, 1.165) is 38.5 Å². The summed E-state index contributed by atoms with van der Waals surface area (Å²) in [5, 5.41) is 18.4. The summed E-state index contributed by atoms with van der Waals surface area (Å²) in [5.74, 6) is -0.376. The van der Waals surface area contributed by atoms with Crippen molar-refractivity contribution in [2.75, 3.05) is 33.0 Å². The molecule has 370 valence electrons. The molecule has 3 N–H and O–H groups in total. The topological polar surface area (TPSA) is 132 Å². The van der Waals surface area contributed by atoms with E-state index in [0.29, 0.717) is 6.61 Å². The SMILES string of the molecule is CCCCCCCCC/C=C\CCCCCCCCCCOCC(COP(=O)(O)OCC(O)CO)OC(=O)CCCCCCCCCCCCCCCCCCCCCCCC. The number of aliphatic hydroxyl groups is 2. The third-order valence-corrected chi connectivity index (χ3v) is 12.9. The van der Waals surface area contributed by atoms with E-state index < -0.39 is 33.2 Å². The molecule has 3 atom stereocenters. The number of rotatable bonds is 52. The second-order valence-electron chi connectivity index (χ2n) is 18.3. The summed E-state index contributed by atoms with van der Waals surface area (Å²) in [7, 11) is -4.52. The highest BCUT2D eigenvalue weighted by Gasteiger charge is 2.26. The molecule has 0 rings (SSSR count). The van der Waals surface area contributed by atoms with Crippen LogP contribution in [-0.4, -0.2) is 66.3 Å². The molecule has 0 aliphatic rings. The maximum Gasteiger partial charge on any atom is 0.472 e. The first-order chi connectivity index (χ1) is 30.3. The normalized spacial score (nSPS) is 13.8. The first-order valence-electron chi connectivity index (χ1n) is 26.7. The summed E-state index contributed by atoms with van der Waals surface area (Å²) in [6.45, 7) is 3.58. The number of ether oxygens (including phenoxy) is 2. The maximum atomic E-state index is 12.7. The zero-order valence-electron chi connectivity index (χ0n) is 40.9. The monoisotopic (exact) mass is 903 g/mol. The van der Waals surface area contributed by atoms with E-state index in [1.807, 2.05) is 0 Å². The molecule has 0 fully saturated rings. The highest BCUT2D eigenvalue weighted by atomic mass is 31.2.